The summed E-state index contributed by atoms with van der Waals surface area (Å²) in [6, 6.07) is 13.9. The number of hydrogen-bond donors (Lipinski definition) is 3. The Hall–Kier alpha value is -3.55. The molecule has 2 amide bonds. The van der Waals surface area contributed by atoms with Crippen molar-refractivity contribution in [3.05, 3.63) is 59.7 Å². The molecule has 0 unspecified atom stereocenters. The van der Waals surface area contributed by atoms with E-state index in [1.165, 1.54) is 0 Å². The molecule has 0 heterocycles. The summed E-state index contributed by atoms with van der Waals surface area (Å²) in [5.74, 6) is -0.0102. The van der Waals surface area contributed by atoms with Gasteiger partial charge in [0.2, 0.25) is 0 Å². The lowest BCUT2D eigenvalue weighted by Gasteiger charge is -2.26. The maximum atomic E-state index is 12.4. The second kappa shape index (κ2) is 11.0. The third-order valence-electron chi connectivity index (χ3n) is 6.08. The van der Waals surface area contributed by atoms with Crippen LogP contribution in [-0.4, -0.2) is 48.2 Å². The summed E-state index contributed by atoms with van der Waals surface area (Å²) in [7, 11) is 0. The van der Waals surface area contributed by atoms with E-state index in [0.717, 1.165) is 18.6 Å². The van der Waals surface area contributed by atoms with E-state index in [2.05, 4.69) is 10.6 Å². The van der Waals surface area contributed by atoms with Crippen LogP contribution in [-0.2, 0) is 4.79 Å². The second-order valence-corrected chi connectivity index (χ2v) is 8.81. The molecule has 0 atom stereocenters. The molecular formula is C26H30N2O6. The van der Waals surface area contributed by atoms with Crippen LogP contribution in [0.15, 0.2) is 48.5 Å². The van der Waals surface area contributed by atoms with Gasteiger partial charge in [-0.1, -0.05) is 0 Å². The standard InChI is InChI=1S/C26H30N2O6/c29-24(17-1-7-20(8-2-17)33-22-11-5-19(6-12-22)26(31)32)27-15-16-28-25(30)18-3-9-21(10-4-18)34-23-13-14-23/h1-4,7-10,19,22-23H,5-6,11-16H2,(H,27,29)(H,28,30)(H,31,32). The highest BCUT2D eigenvalue weighted by Crippen LogP contribution is 2.28. The third kappa shape index (κ3) is 6.73. The Bertz CT molecular complexity index is 993. The molecule has 3 N–H and O–H groups in total. The molecule has 4 rings (SSSR count). The van der Waals surface area contributed by atoms with Gasteiger partial charge >= 0.3 is 5.97 Å². The minimum absolute atomic E-state index is 0.000754. The molecule has 2 aliphatic rings. The first-order valence-electron chi connectivity index (χ1n) is 11.8. The van der Waals surface area contributed by atoms with Crippen molar-refractivity contribution in [2.45, 2.75) is 50.7 Å². The van der Waals surface area contributed by atoms with Gasteiger partial charge in [0.05, 0.1) is 18.1 Å². The lowest BCUT2D eigenvalue weighted by Crippen LogP contribution is -2.34. The molecule has 2 fully saturated rings. The van der Waals surface area contributed by atoms with E-state index in [-0.39, 0.29) is 23.8 Å². The minimum atomic E-state index is -0.735. The zero-order valence-electron chi connectivity index (χ0n) is 19.0. The van der Waals surface area contributed by atoms with Crippen molar-refractivity contribution < 1.29 is 29.0 Å². The zero-order chi connectivity index (χ0) is 23.9. The fourth-order valence-corrected chi connectivity index (χ4v) is 3.92. The van der Waals surface area contributed by atoms with Crippen LogP contribution in [0, 0.1) is 5.92 Å². The smallest absolute Gasteiger partial charge is 0.306 e. The molecule has 0 spiro atoms. The van der Waals surface area contributed by atoms with Crippen molar-refractivity contribution >= 4 is 17.8 Å². The summed E-state index contributed by atoms with van der Waals surface area (Å²) in [4.78, 5) is 35.7. The van der Waals surface area contributed by atoms with E-state index in [1.54, 1.807) is 48.5 Å². The molecule has 0 radical (unpaired) electrons. The van der Waals surface area contributed by atoms with Gasteiger partial charge in [-0.15, -0.1) is 0 Å². The molecule has 2 aromatic rings. The molecule has 0 aromatic heterocycles. The Morgan fingerprint density at radius 2 is 1.06 bits per heavy atom. The maximum Gasteiger partial charge on any atom is 0.306 e. The van der Waals surface area contributed by atoms with Crippen LogP contribution in [0.25, 0.3) is 0 Å². The molecule has 0 saturated heterocycles. The molecule has 0 bridgehead atoms. The summed E-state index contributed by atoms with van der Waals surface area (Å²) in [6.45, 7) is 0.615. The van der Waals surface area contributed by atoms with Crippen molar-refractivity contribution in [1.29, 1.82) is 0 Å². The summed E-state index contributed by atoms with van der Waals surface area (Å²) in [5.41, 5.74) is 1.04. The van der Waals surface area contributed by atoms with Gasteiger partial charge in [0, 0.05) is 24.2 Å². The number of rotatable bonds is 10. The van der Waals surface area contributed by atoms with Crippen molar-refractivity contribution in [2.24, 2.45) is 5.92 Å². The van der Waals surface area contributed by atoms with Gasteiger partial charge in [0.15, 0.2) is 0 Å². The van der Waals surface area contributed by atoms with Crippen molar-refractivity contribution in [3.8, 4) is 11.5 Å². The molecule has 34 heavy (non-hydrogen) atoms. The molecule has 180 valence electrons. The van der Waals surface area contributed by atoms with Crippen LogP contribution in [0.5, 0.6) is 11.5 Å². The summed E-state index contributed by atoms with van der Waals surface area (Å²) >= 11 is 0. The molecule has 8 nitrogen and oxygen atoms in total. The molecule has 2 saturated carbocycles. The zero-order valence-corrected chi connectivity index (χ0v) is 19.0. The van der Waals surface area contributed by atoms with Crippen LogP contribution in [0.2, 0.25) is 0 Å². The van der Waals surface area contributed by atoms with Crippen molar-refractivity contribution in [3.63, 3.8) is 0 Å². The molecule has 2 aliphatic carbocycles. The van der Waals surface area contributed by atoms with Gasteiger partial charge in [0.1, 0.15) is 11.5 Å². The summed E-state index contributed by atoms with van der Waals surface area (Å²) in [6.07, 6.45) is 5.16. The average Bonchev–Trinajstić information content (AvgIpc) is 3.67. The fourth-order valence-electron chi connectivity index (χ4n) is 3.92. The van der Waals surface area contributed by atoms with Crippen molar-refractivity contribution in [2.75, 3.05) is 13.1 Å². The van der Waals surface area contributed by atoms with E-state index < -0.39 is 5.97 Å². The molecule has 0 aliphatic heterocycles. The predicted octanol–water partition coefficient (Wildman–Crippen LogP) is 3.41. The van der Waals surface area contributed by atoms with Gasteiger partial charge in [-0.25, -0.2) is 0 Å². The largest absolute Gasteiger partial charge is 0.490 e. The number of aliphatic carboxylic acids is 1. The van der Waals surface area contributed by atoms with Crippen LogP contribution >= 0.6 is 0 Å². The van der Waals surface area contributed by atoms with E-state index in [0.29, 0.717) is 61.8 Å². The van der Waals surface area contributed by atoms with E-state index in [9.17, 15) is 14.4 Å². The Labute approximate surface area is 198 Å². The molecule has 2 aromatic carbocycles. The van der Waals surface area contributed by atoms with Gasteiger partial charge < -0.3 is 25.2 Å². The first-order valence-corrected chi connectivity index (χ1v) is 11.8. The quantitative estimate of drug-likeness (QED) is 0.463. The fraction of sp³-hybridized carbons (Fsp3) is 0.423. The SMILES string of the molecule is O=C(NCCNC(=O)c1ccc(OC2CCC(C(=O)O)CC2)cc1)c1ccc(OC2CC2)cc1. The summed E-state index contributed by atoms with van der Waals surface area (Å²) in [5, 5.41) is 14.7. The Kier molecular flexibility index (Phi) is 7.67. The van der Waals surface area contributed by atoms with E-state index >= 15 is 0 Å². The lowest BCUT2D eigenvalue weighted by atomic mass is 9.87. The number of nitrogens with one attached hydrogen (secondary N) is 2. The summed E-state index contributed by atoms with van der Waals surface area (Å²) < 4.78 is 11.6. The highest BCUT2D eigenvalue weighted by molar-refractivity contribution is 5.95. The topological polar surface area (TPSA) is 114 Å². The normalized spacial score (nSPS) is 19.6. The van der Waals surface area contributed by atoms with Crippen molar-refractivity contribution in [1.82, 2.24) is 10.6 Å². The number of hydrogen-bond acceptors (Lipinski definition) is 5. The first kappa shape index (κ1) is 23.6. The highest BCUT2D eigenvalue weighted by atomic mass is 16.5. The monoisotopic (exact) mass is 466 g/mol. The van der Waals surface area contributed by atoms with E-state index in [1.807, 2.05) is 0 Å². The van der Waals surface area contributed by atoms with Crippen LogP contribution in [0.4, 0.5) is 0 Å². The second-order valence-electron chi connectivity index (χ2n) is 8.81. The van der Waals surface area contributed by atoms with E-state index in [4.69, 9.17) is 14.6 Å². The number of carboxylic acids is 1. The third-order valence-corrected chi connectivity index (χ3v) is 6.08. The number of carbonyl (C=O) groups excluding carboxylic acids is 2. The van der Waals surface area contributed by atoms with Crippen LogP contribution in [0.1, 0.15) is 59.2 Å². The lowest BCUT2D eigenvalue weighted by molar-refractivity contribution is -0.143. The molecule has 8 heteroatoms. The average molecular weight is 467 g/mol. The highest BCUT2D eigenvalue weighted by Gasteiger charge is 2.27. The Morgan fingerprint density at radius 1 is 0.676 bits per heavy atom. The maximum absolute atomic E-state index is 12.4. The van der Waals surface area contributed by atoms with Crippen LogP contribution < -0.4 is 20.1 Å². The first-order chi connectivity index (χ1) is 16.5. The van der Waals surface area contributed by atoms with Crippen LogP contribution in [0.3, 0.4) is 0 Å². The number of benzene rings is 2. The number of ether oxygens (including phenoxy) is 2. The van der Waals surface area contributed by atoms with Gasteiger partial charge in [-0.05, 0) is 87.1 Å². The van der Waals surface area contributed by atoms with Gasteiger partial charge in [-0.3, -0.25) is 14.4 Å². The number of carbonyl (C=O) groups is 3. The minimum Gasteiger partial charge on any atom is -0.490 e. The Balaban J connectivity index is 1.15. The van der Waals surface area contributed by atoms with Gasteiger partial charge in [-0.2, -0.15) is 0 Å². The Morgan fingerprint density at radius 3 is 1.41 bits per heavy atom. The predicted molar refractivity (Wildman–Crippen MR) is 125 cm³/mol. The number of carboxylic acid groups (broad SMARTS) is 1. The molecular weight excluding hydrogens is 436 g/mol. The number of amides is 2. The van der Waals surface area contributed by atoms with Gasteiger partial charge in [0.25, 0.3) is 11.8 Å².